The molecular weight excluding hydrogens is 318 g/mol. The molecule has 4 nitrogen and oxygen atoms in total. The van der Waals surface area contributed by atoms with Crippen LogP contribution in [0.5, 0.6) is 0 Å². The standard InChI is InChI=1S/C19H31N3OS/c23-19(20-10-15-21-11-4-1-2-5-12-21)18-9-8-17(24-18)16-22-13-6-3-7-14-22/h8-9H,1-7,10-16H2,(H,20,23). The summed E-state index contributed by atoms with van der Waals surface area (Å²) in [5.41, 5.74) is 0. The molecule has 3 rings (SSSR count). The Hall–Kier alpha value is -0.910. The molecule has 1 aromatic heterocycles. The number of nitrogens with one attached hydrogen (secondary N) is 1. The third kappa shape index (κ3) is 5.57. The van der Waals surface area contributed by atoms with E-state index >= 15 is 0 Å². The van der Waals surface area contributed by atoms with Crippen LogP contribution in [0.2, 0.25) is 0 Å². The summed E-state index contributed by atoms with van der Waals surface area (Å²) in [6.45, 7) is 7.54. The Morgan fingerprint density at radius 3 is 2.25 bits per heavy atom. The third-order valence-electron chi connectivity index (χ3n) is 5.13. The number of carbonyl (C=O) groups excluding carboxylic acids is 1. The number of carbonyl (C=O) groups is 1. The lowest BCUT2D eigenvalue weighted by molar-refractivity contribution is 0.0952. The maximum absolute atomic E-state index is 12.3. The minimum absolute atomic E-state index is 0.0970. The van der Waals surface area contributed by atoms with Gasteiger partial charge in [0.15, 0.2) is 0 Å². The third-order valence-corrected chi connectivity index (χ3v) is 6.19. The first-order chi connectivity index (χ1) is 11.8. The SMILES string of the molecule is O=C(NCCN1CCCCCC1)c1ccc(CN2CCCCC2)s1. The van der Waals surface area contributed by atoms with E-state index in [1.165, 1.54) is 76.0 Å². The summed E-state index contributed by atoms with van der Waals surface area (Å²) in [5.74, 6) is 0.0970. The number of thiophene rings is 1. The van der Waals surface area contributed by atoms with Crippen LogP contribution in [-0.4, -0.2) is 55.0 Å². The Bertz CT molecular complexity index is 502. The zero-order valence-electron chi connectivity index (χ0n) is 14.8. The normalized spacial score (nSPS) is 20.7. The highest BCUT2D eigenvalue weighted by molar-refractivity contribution is 7.14. The van der Waals surface area contributed by atoms with Crippen molar-refractivity contribution in [3.8, 4) is 0 Å². The molecule has 24 heavy (non-hydrogen) atoms. The number of hydrogen-bond acceptors (Lipinski definition) is 4. The van der Waals surface area contributed by atoms with E-state index in [1.807, 2.05) is 6.07 Å². The highest BCUT2D eigenvalue weighted by Gasteiger charge is 2.14. The largest absolute Gasteiger partial charge is 0.350 e. The summed E-state index contributed by atoms with van der Waals surface area (Å²) >= 11 is 1.66. The van der Waals surface area contributed by atoms with Gasteiger partial charge in [0.05, 0.1) is 4.88 Å². The maximum Gasteiger partial charge on any atom is 0.261 e. The Morgan fingerprint density at radius 2 is 1.54 bits per heavy atom. The van der Waals surface area contributed by atoms with Crippen LogP contribution in [0.1, 0.15) is 59.5 Å². The Kier molecular flexibility index (Phi) is 7.12. The summed E-state index contributed by atoms with van der Waals surface area (Å²) in [7, 11) is 0. The lowest BCUT2D eigenvalue weighted by atomic mass is 10.1. The molecular formula is C19H31N3OS. The molecule has 3 heterocycles. The number of hydrogen-bond donors (Lipinski definition) is 1. The fourth-order valence-corrected chi connectivity index (χ4v) is 4.66. The molecule has 0 saturated carbocycles. The van der Waals surface area contributed by atoms with Gasteiger partial charge in [0.2, 0.25) is 0 Å². The van der Waals surface area contributed by atoms with Crippen molar-refractivity contribution in [1.82, 2.24) is 15.1 Å². The first-order valence-corrected chi connectivity index (χ1v) is 10.4. The first-order valence-electron chi connectivity index (χ1n) is 9.63. The van der Waals surface area contributed by atoms with Gasteiger partial charge >= 0.3 is 0 Å². The number of nitrogens with zero attached hydrogens (tertiary/aromatic N) is 2. The molecule has 0 aliphatic carbocycles. The van der Waals surface area contributed by atoms with Gasteiger partial charge in [-0.1, -0.05) is 19.3 Å². The second-order valence-electron chi connectivity index (χ2n) is 7.11. The van der Waals surface area contributed by atoms with Crippen molar-refractivity contribution in [3.63, 3.8) is 0 Å². The molecule has 134 valence electrons. The number of likely N-dealkylation sites (tertiary alicyclic amines) is 2. The Balaban J connectivity index is 1.40. The smallest absolute Gasteiger partial charge is 0.261 e. The van der Waals surface area contributed by atoms with E-state index in [0.717, 1.165) is 24.5 Å². The van der Waals surface area contributed by atoms with Crippen molar-refractivity contribution < 1.29 is 4.79 Å². The summed E-state index contributed by atoms with van der Waals surface area (Å²) in [6, 6.07) is 4.12. The molecule has 1 amide bonds. The van der Waals surface area contributed by atoms with Crippen molar-refractivity contribution in [3.05, 3.63) is 21.9 Å². The van der Waals surface area contributed by atoms with E-state index in [-0.39, 0.29) is 5.91 Å². The predicted octanol–water partition coefficient (Wildman–Crippen LogP) is 3.34. The fraction of sp³-hybridized carbons (Fsp3) is 0.737. The van der Waals surface area contributed by atoms with Crippen LogP contribution in [0, 0.1) is 0 Å². The van der Waals surface area contributed by atoms with Crippen LogP contribution >= 0.6 is 11.3 Å². The van der Waals surface area contributed by atoms with Gasteiger partial charge < -0.3 is 10.2 Å². The van der Waals surface area contributed by atoms with Crippen LogP contribution in [0.3, 0.4) is 0 Å². The molecule has 0 spiro atoms. The van der Waals surface area contributed by atoms with E-state index in [2.05, 4.69) is 21.2 Å². The molecule has 2 aliphatic heterocycles. The van der Waals surface area contributed by atoms with Gasteiger partial charge in [-0.05, 0) is 64.0 Å². The quantitative estimate of drug-likeness (QED) is 0.855. The minimum atomic E-state index is 0.0970. The summed E-state index contributed by atoms with van der Waals surface area (Å²) in [6.07, 6.45) is 9.32. The van der Waals surface area contributed by atoms with Gasteiger partial charge in [-0.3, -0.25) is 9.69 Å². The zero-order valence-corrected chi connectivity index (χ0v) is 15.6. The zero-order chi connectivity index (χ0) is 16.6. The van der Waals surface area contributed by atoms with Crippen LogP contribution < -0.4 is 5.32 Å². The van der Waals surface area contributed by atoms with Gasteiger partial charge in [0.25, 0.3) is 5.91 Å². The van der Waals surface area contributed by atoms with E-state index in [4.69, 9.17) is 0 Å². The topological polar surface area (TPSA) is 35.6 Å². The van der Waals surface area contributed by atoms with Gasteiger partial charge in [-0.2, -0.15) is 0 Å². The maximum atomic E-state index is 12.3. The monoisotopic (exact) mass is 349 g/mol. The van der Waals surface area contributed by atoms with Gasteiger partial charge in [0.1, 0.15) is 0 Å². The molecule has 2 aliphatic rings. The lowest BCUT2D eigenvalue weighted by Gasteiger charge is -2.25. The van der Waals surface area contributed by atoms with Crippen molar-refractivity contribution in [2.75, 3.05) is 39.3 Å². The summed E-state index contributed by atoms with van der Waals surface area (Å²) in [4.78, 5) is 19.5. The van der Waals surface area contributed by atoms with E-state index in [9.17, 15) is 4.79 Å². The molecule has 0 bridgehead atoms. The first kappa shape index (κ1) is 17.9. The van der Waals surface area contributed by atoms with Crippen LogP contribution in [0.25, 0.3) is 0 Å². The lowest BCUT2D eigenvalue weighted by Crippen LogP contribution is -2.35. The van der Waals surface area contributed by atoms with Gasteiger partial charge in [0, 0.05) is 24.5 Å². The molecule has 0 radical (unpaired) electrons. The molecule has 0 atom stereocenters. The molecule has 2 saturated heterocycles. The summed E-state index contributed by atoms with van der Waals surface area (Å²) < 4.78 is 0. The molecule has 0 aromatic carbocycles. The number of rotatable bonds is 6. The van der Waals surface area contributed by atoms with Crippen molar-refractivity contribution in [1.29, 1.82) is 0 Å². The molecule has 0 unspecified atom stereocenters. The number of amides is 1. The van der Waals surface area contributed by atoms with E-state index in [0.29, 0.717) is 0 Å². The van der Waals surface area contributed by atoms with Crippen molar-refractivity contribution in [2.45, 2.75) is 51.5 Å². The van der Waals surface area contributed by atoms with Crippen LogP contribution in [0.15, 0.2) is 12.1 Å². The van der Waals surface area contributed by atoms with Crippen LogP contribution in [-0.2, 0) is 6.54 Å². The molecule has 5 heteroatoms. The summed E-state index contributed by atoms with van der Waals surface area (Å²) in [5, 5.41) is 3.10. The Morgan fingerprint density at radius 1 is 0.917 bits per heavy atom. The van der Waals surface area contributed by atoms with Gasteiger partial charge in [-0.15, -0.1) is 11.3 Å². The highest BCUT2D eigenvalue weighted by atomic mass is 32.1. The van der Waals surface area contributed by atoms with Crippen molar-refractivity contribution in [2.24, 2.45) is 0 Å². The van der Waals surface area contributed by atoms with Gasteiger partial charge in [-0.25, -0.2) is 0 Å². The highest BCUT2D eigenvalue weighted by Crippen LogP contribution is 2.20. The second kappa shape index (κ2) is 9.54. The Labute approximate surface area is 150 Å². The number of piperidine rings is 1. The molecule has 2 fully saturated rings. The molecule has 1 N–H and O–H groups in total. The fourth-order valence-electron chi connectivity index (χ4n) is 3.70. The van der Waals surface area contributed by atoms with Crippen molar-refractivity contribution >= 4 is 17.2 Å². The average molecular weight is 350 g/mol. The van der Waals surface area contributed by atoms with Crippen LogP contribution in [0.4, 0.5) is 0 Å². The predicted molar refractivity (Wildman–Crippen MR) is 101 cm³/mol. The second-order valence-corrected chi connectivity index (χ2v) is 8.28. The van der Waals surface area contributed by atoms with E-state index in [1.54, 1.807) is 11.3 Å². The van der Waals surface area contributed by atoms with E-state index < -0.39 is 0 Å². The molecule has 1 aromatic rings. The average Bonchev–Trinajstić information content (AvgIpc) is 2.91. The minimum Gasteiger partial charge on any atom is -0.350 e.